The van der Waals surface area contributed by atoms with Crippen LogP contribution in [0.15, 0.2) is 36.5 Å². The molecule has 22 heavy (non-hydrogen) atoms. The number of aromatic nitrogens is 1. The van der Waals surface area contributed by atoms with E-state index >= 15 is 0 Å². The largest absolute Gasteiger partial charge is 0.437 e. The van der Waals surface area contributed by atoms with Crippen LogP contribution in [0, 0.1) is 6.92 Å². The molecule has 0 N–H and O–H groups in total. The maximum Gasteiger partial charge on any atom is 0.398 e. The van der Waals surface area contributed by atoms with E-state index in [9.17, 15) is 13.2 Å². The highest BCUT2D eigenvalue weighted by Crippen LogP contribution is 2.59. The Labute approximate surface area is 130 Å². The van der Waals surface area contributed by atoms with E-state index in [1.165, 1.54) is 18.2 Å². The maximum atomic E-state index is 13.1. The van der Waals surface area contributed by atoms with Crippen molar-refractivity contribution in [1.82, 2.24) is 4.98 Å². The molecule has 0 bridgehead atoms. The summed E-state index contributed by atoms with van der Waals surface area (Å²) in [7, 11) is 0. The first-order valence-corrected chi connectivity index (χ1v) is 7.17. The summed E-state index contributed by atoms with van der Waals surface area (Å²) in [5.41, 5.74) is -0.569. The van der Waals surface area contributed by atoms with Gasteiger partial charge in [0.25, 0.3) is 0 Å². The van der Waals surface area contributed by atoms with Gasteiger partial charge in [0, 0.05) is 12.3 Å². The molecule has 0 amide bonds. The quantitative estimate of drug-likeness (QED) is 0.750. The molecule has 1 heterocycles. The van der Waals surface area contributed by atoms with Crippen molar-refractivity contribution >= 4 is 11.6 Å². The van der Waals surface area contributed by atoms with Crippen LogP contribution in [0.1, 0.15) is 24.0 Å². The fraction of sp³-hybridized carbons (Fsp3) is 0.312. The van der Waals surface area contributed by atoms with Crippen LogP contribution in [-0.4, -0.2) is 11.2 Å². The molecule has 0 unspecified atom stereocenters. The summed E-state index contributed by atoms with van der Waals surface area (Å²) in [4.78, 5) is 4.08. The van der Waals surface area contributed by atoms with Gasteiger partial charge in [-0.2, -0.15) is 13.2 Å². The smallest absolute Gasteiger partial charge is 0.398 e. The van der Waals surface area contributed by atoms with Gasteiger partial charge >= 0.3 is 6.18 Å². The van der Waals surface area contributed by atoms with E-state index in [1.54, 1.807) is 12.3 Å². The van der Waals surface area contributed by atoms with Gasteiger partial charge < -0.3 is 4.74 Å². The van der Waals surface area contributed by atoms with Gasteiger partial charge in [-0.05, 0) is 43.0 Å². The topological polar surface area (TPSA) is 22.1 Å². The van der Waals surface area contributed by atoms with Crippen molar-refractivity contribution in [1.29, 1.82) is 0 Å². The van der Waals surface area contributed by atoms with E-state index in [4.69, 9.17) is 16.3 Å². The molecule has 0 saturated heterocycles. The molecule has 2 nitrogen and oxygen atoms in total. The summed E-state index contributed by atoms with van der Waals surface area (Å²) in [6, 6.07) is 7.73. The van der Waals surface area contributed by atoms with Crippen molar-refractivity contribution in [2.45, 2.75) is 31.4 Å². The van der Waals surface area contributed by atoms with Crippen LogP contribution in [0.25, 0.3) is 0 Å². The first kappa shape index (κ1) is 15.2. The highest BCUT2D eigenvalue weighted by molar-refractivity contribution is 6.32. The predicted octanol–water partition coefficient (Wildman–Crippen LogP) is 5.43. The molecule has 0 spiro atoms. The Morgan fingerprint density at radius 3 is 2.41 bits per heavy atom. The van der Waals surface area contributed by atoms with Crippen molar-refractivity contribution in [2.24, 2.45) is 0 Å². The highest BCUT2D eigenvalue weighted by Gasteiger charge is 2.64. The van der Waals surface area contributed by atoms with E-state index in [2.05, 4.69) is 4.98 Å². The van der Waals surface area contributed by atoms with Gasteiger partial charge in [-0.1, -0.05) is 23.7 Å². The number of benzene rings is 1. The van der Waals surface area contributed by atoms with Crippen LogP contribution in [0.3, 0.4) is 0 Å². The normalized spacial score (nSPS) is 16.4. The molecule has 1 aromatic carbocycles. The summed E-state index contributed by atoms with van der Waals surface area (Å²) in [5.74, 6) is 0.636. The molecule has 116 valence electrons. The average Bonchev–Trinajstić information content (AvgIpc) is 3.24. The second kappa shape index (κ2) is 5.16. The first-order chi connectivity index (χ1) is 10.3. The van der Waals surface area contributed by atoms with E-state index in [1.807, 2.05) is 13.0 Å². The average molecular weight is 328 g/mol. The van der Waals surface area contributed by atoms with Gasteiger partial charge in [-0.3, -0.25) is 0 Å². The fourth-order valence-corrected chi connectivity index (χ4v) is 2.59. The Hall–Kier alpha value is -1.75. The van der Waals surface area contributed by atoms with Crippen LogP contribution in [0.4, 0.5) is 13.2 Å². The molecule has 6 heteroatoms. The van der Waals surface area contributed by atoms with Gasteiger partial charge in [-0.25, -0.2) is 4.98 Å². The third-order valence-corrected chi connectivity index (χ3v) is 4.17. The number of alkyl halides is 3. The summed E-state index contributed by atoms with van der Waals surface area (Å²) in [5, 5.41) is 0.149. The van der Waals surface area contributed by atoms with E-state index in [0.29, 0.717) is 11.6 Å². The van der Waals surface area contributed by atoms with Crippen LogP contribution in [0.5, 0.6) is 11.6 Å². The van der Waals surface area contributed by atoms with Crippen molar-refractivity contribution in [2.75, 3.05) is 0 Å². The molecule has 1 fully saturated rings. The zero-order valence-corrected chi connectivity index (χ0v) is 12.5. The van der Waals surface area contributed by atoms with E-state index in [0.717, 1.165) is 5.56 Å². The summed E-state index contributed by atoms with van der Waals surface area (Å²) in [6.45, 7) is 1.89. The summed E-state index contributed by atoms with van der Waals surface area (Å²) >= 11 is 6.07. The zero-order chi connectivity index (χ0) is 16.0. The van der Waals surface area contributed by atoms with E-state index in [-0.39, 0.29) is 23.4 Å². The van der Waals surface area contributed by atoms with Crippen molar-refractivity contribution in [3.63, 3.8) is 0 Å². The first-order valence-electron chi connectivity index (χ1n) is 6.79. The SMILES string of the molecule is Cc1ccc(Oc2ccc(C3(C(F)(F)F)CC3)cc2Cl)nc1. The number of nitrogens with zero attached hydrogens (tertiary/aromatic N) is 1. The lowest BCUT2D eigenvalue weighted by Gasteiger charge is -2.20. The number of aryl methyl sites for hydroxylation is 1. The van der Waals surface area contributed by atoms with Gasteiger partial charge in [0.05, 0.1) is 10.4 Å². The predicted molar refractivity (Wildman–Crippen MR) is 77.5 cm³/mol. The molecule has 0 aliphatic heterocycles. The maximum absolute atomic E-state index is 13.1. The monoisotopic (exact) mass is 327 g/mol. The Kier molecular flexibility index (Phi) is 3.56. The minimum Gasteiger partial charge on any atom is -0.437 e. The molecule has 0 radical (unpaired) electrons. The highest BCUT2D eigenvalue weighted by atomic mass is 35.5. The molecule has 2 aromatic rings. The fourth-order valence-electron chi connectivity index (χ4n) is 2.37. The van der Waals surface area contributed by atoms with Crippen molar-refractivity contribution < 1.29 is 17.9 Å². The summed E-state index contributed by atoms with van der Waals surface area (Å²) < 4.78 is 44.9. The van der Waals surface area contributed by atoms with Gasteiger partial charge in [-0.15, -0.1) is 0 Å². The van der Waals surface area contributed by atoms with Crippen LogP contribution in [0.2, 0.25) is 5.02 Å². The van der Waals surface area contributed by atoms with Gasteiger partial charge in [0.1, 0.15) is 5.75 Å². The molecular formula is C16H13ClF3NO. The van der Waals surface area contributed by atoms with E-state index < -0.39 is 11.6 Å². The third-order valence-electron chi connectivity index (χ3n) is 3.88. The molecule has 1 aliphatic carbocycles. The zero-order valence-electron chi connectivity index (χ0n) is 11.7. The van der Waals surface area contributed by atoms with Crippen molar-refractivity contribution in [3.8, 4) is 11.6 Å². The Balaban J connectivity index is 1.86. The molecular weight excluding hydrogens is 315 g/mol. The van der Waals surface area contributed by atoms with Crippen molar-refractivity contribution in [3.05, 3.63) is 52.7 Å². The Morgan fingerprint density at radius 1 is 1.18 bits per heavy atom. The minimum atomic E-state index is -4.25. The lowest BCUT2D eigenvalue weighted by molar-refractivity contribution is -0.160. The standard InChI is InChI=1S/C16H13ClF3NO/c1-10-2-5-14(21-9-10)22-13-4-3-11(8-12(13)17)15(6-7-15)16(18,19)20/h2-5,8-9H,6-7H2,1H3. The van der Waals surface area contributed by atoms with Crippen LogP contribution < -0.4 is 4.74 Å². The van der Waals surface area contributed by atoms with Gasteiger partial charge in [0.2, 0.25) is 5.88 Å². The number of rotatable bonds is 3. The lowest BCUT2D eigenvalue weighted by Crippen LogP contribution is -2.28. The summed E-state index contributed by atoms with van der Waals surface area (Å²) in [6.07, 6.45) is -2.41. The third kappa shape index (κ3) is 2.65. The molecule has 0 atom stereocenters. The number of hydrogen-bond acceptors (Lipinski definition) is 2. The minimum absolute atomic E-state index is 0.104. The van der Waals surface area contributed by atoms with Gasteiger partial charge in [0.15, 0.2) is 0 Å². The lowest BCUT2D eigenvalue weighted by atomic mass is 9.95. The molecule has 1 aliphatic rings. The van der Waals surface area contributed by atoms with Crippen LogP contribution >= 0.6 is 11.6 Å². The number of ether oxygens (including phenoxy) is 1. The molecule has 3 rings (SSSR count). The molecule has 1 saturated carbocycles. The number of halogens is 4. The Morgan fingerprint density at radius 2 is 1.91 bits per heavy atom. The second-order valence-corrected chi connectivity index (χ2v) is 5.91. The molecule has 1 aromatic heterocycles. The number of pyridine rings is 1. The Bertz CT molecular complexity index is 694. The second-order valence-electron chi connectivity index (χ2n) is 5.50. The number of hydrogen-bond donors (Lipinski definition) is 0. The van der Waals surface area contributed by atoms with Crippen LogP contribution in [-0.2, 0) is 5.41 Å².